The molecule has 0 bridgehead atoms. The van der Waals surface area contributed by atoms with Crippen molar-refractivity contribution in [1.82, 2.24) is 10.2 Å². The summed E-state index contributed by atoms with van der Waals surface area (Å²) in [4.78, 5) is 10.4. The molecule has 0 spiro atoms. The Labute approximate surface area is 166 Å². The monoisotopic (exact) mass is 391 g/mol. The molecule has 4 aromatic rings. The second kappa shape index (κ2) is 8.07. The van der Waals surface area contributed by atoms with Gasteiger partial charge in [-0.2, -0.15) is 0 Å². The van der Waals surface area contributed by atoms with Crippen molar-refractivity contribution in [3.05, 3.63) is 100 Å². The number of furan rings is 1. The highest BCUT2D eigenvalue weighted by Crippen LogP contribution is 2.24. The molecule has 2 N–H and O–H groups in total. The molecule has 8 nitrogen and oxygen atoms in total. The van der Waals surface area contributed by atoms with Crippen LogP contribution >= 0.6 is 0 Å². The Morgan fingerprint density at radius 3 is 2.41 bits per heavy atom. The van der Waals surface area contributed by atoms with Gasteiger partial charge in [-0.3, -0.25) is 10.1 Å². The third kappa shape index (κ3) is 4.07. The minimum Gasteiger partial charge on any atom is -0.463 e. The number of non-ortho nitro benzene ring substituents is 1. The molecule has 0 saturated carbocycles. The number of nitrogens with zero attached hydrogens (tertiary/aromatic N) is 3. The molecular weight excluding hydrogens is 372 g/mol. The Balaban J connectivity index is 1.55. The van der Waals surface area contributed by atoms with Gasteiger partial charge in [0.15, 0.2) is 17.8 Å². The second-order valence-corrected chi connectivity index (χ2v) is 6.63. The molecule has 2 atom stereocenters. The molecule has 0 aliphatic heterocycles. The molecule has 2 heterocycles. The molecule has 146 valence electrons. The van der Waals surface area contributed by atoms with Crippen LogP contribution in [0.3, 0.4) is 0 Å². The quantitative estimate of drug-likeness (QED) is 0.380. The molecule has 2 aromatic heterocycles. The minimum atomic E-state index is -0.446. The lowest BCUT2D eigenvalue weighted by Gasteiger charge is -2.16. The van der Waals surface area contributed by atoms with Crippen LogP contribution in [0.25, 0.3) is 11.5 Å². The third-order valence-electron chi connectivity index (χ3n) is 4.64. The lowest BCUT2D eigenvalue weighted by molar-refractivity contribution is -0.727. The Morgan fingerprint density at radius 1 is 1.00 bits per heavy atom. The van der Waals surface area contributed by atoms with Gasteiger partial charge in [-0.25, -0.2) is 0 Å². The van der Waals surface area contributed by atoms with Gasteiger partial charge >= 0.3 is 0 Å². The average molecular weight is 391 g/mol. The van der Waals surface area contributed by atoms with Gasteiger partial charge in [-0.05, 0) is 31.2 Å². The number of nitro benzene ring substituents is 1. The van der Waals surface area contributed by atoms with Crippen molar-refractivity contribution < 1.29 is 19.1 Å². The van der Waals surface area contributed by atoms with E-state index in [2.05, 4.69) is 15.5 Å². The molecule has 8 heteroatoms. The summed E-state index contributed by atoms with van der Waals surface area (Å²) in [6.07, 6.45) is 1.66. The van der Waals surface area contributed by atoms with Crippen molar-refractivity contribution in [1.29, 1.82) is 0 Å². The maximum Gasteiger partial charge on any atom is 0.274 e. The zero-order chi connectivity index (χ0) is 20.2. The Morgan fingerprint density at radius 2 is 1.76 bits per heavy atom. The van der Waals surface area contributed by atoms with Gasteiger partial charge in [0.05, 0.1) is 11.2 Å². The van der Waals surface area contributed by atoms with E-state index in [4.69, 9.17) is 8.83 Å². The van der Waals surface area contributed by atoms with Gasteiger partial charge in [0.25, 0.3) is 11.6 Å². The molecule has 29 heavy (non-hydrogen) atoms. The first-order chi connectivity index (χ1) is 14.1. The van der Waals surface area contributed by atoms with Gasteiger partial charge < -0.3 is 14.2 Å². The Hall–Kier alpha value is -3.78. The van der Waals surface area contributed by atoms with Crippen LogP contribution in [0.5, 0.6) is 0 Å². The van der Waals surface area contributed by atoms with Crippen molar-refractivity contribution >= 4 is 5.69 Å². The van der Waals surface area contributed by atoms with E-state index in [9.17, 15) is 10.1 Å². The molecule has 0 saturated heterocycles. The molecule has 0 fully saturated rings. The summed E-state index contributed by atoms with van der Waals surface area (Å²) in [6.45, 7) is 1.98. The van der Waals surface area contributed by atoms with Crippen molar-refractivity contribution in [3.63, 3.8) is 0 Å². The summed E-state index contributed by atoms with van der Waals surface area (Å²) in [6, 6.07) is 19.7. The highest BCUT2D eigenvalue weighted by molar-refractivity contribution is 5.55. The van der Waals surface area contributed by atoms with Crippen molar-refractivity contribution in [2.45, 2.75) is 19.0 Å². The van der Waals surface area contributed by atoms with E-state index < -0.39 is 4.92 Å². The van der Waals surface area contributed by atoms with Gasteiger partial charge in [0.1, 0.15) is 0 Å². The highest BCUT2D eigenvalue weighted by atomic mass is 16.6. The molecule has 2 aromatic carbocycles. The Kier molecular flexibility index (Phi) is 5.17. The molecule has 4 rings (SSSR count). The number of nitrogens with two attached hydrogens (primary N) is 1. The Bertz CT molecular complexity index is 1080. The first kappa shape index (κ1) is 18.6. The fraction of sp³-hybridized carbons (Fsp3) is 0.143. The van der Waals surface area contributed by atoms with Crippen LogP contribution in [0.4, 0.5) is 5.69 Å². The topological polar surface area (TPSA) is 112 Å². The first-order valence-electron chi connectivity index (χ1n) is 9.13. The smallest absolute Gasteiger partial charge is 0.274 e. The number of quaternary nitrogens is 1. The van der Waals surface area contributed by atoms with Gasteiger partial charge in [0.2, 0.25) is 5.89 Å². The molecule has 0 aliphatic carbocycles. The molecular formula is C21H19N4O4+. The van der Waals surface area contributed by atoms with E-state index in [0.29, 0.717) is 17.3 Å². The zero-order valence-corrected chi connectivity index (χ0v) is 15.6. The summed E-state index contributed by atoms with van der Waals surface area (Å²) in [5.41, 5.74) is 1.75. The zero-order valence-electron chi connectivity index (χ0n) is 15.6. The van der Waals surface area contributed by atoms with Crippen LogP contribution in [0.15, 0.2) is 81.8 Å². The number of rotatable bonds is 7. The fourth-order valence-corrected chi connectivity index (χ4v) is 3.13. The van der Waals surface area contributed by atoms with Crippen LogP contribution in [0.2, 0.25) is 0 Å². The SMILES string of the molecule is C[C@@H]([NH2+][C@@H](c1ccccc1)c1ccco1)c1nnc(-c2ccc([N+](=O)[O-])cc2)o1. The third-order valence-corrected chi connectivity index (χ3v) is 4.64. The van der Waals surface area contributed by atoms with Gasteiger partial charge in [-0.15, -0.1) is 10.2 Å². The maximum absolute atomic E-state index is 10.8. The number of aromatic nitrogens is 2. The predicted octanol–water partition coefficient (Wildman–Crippen LogP) is 3.65. The maximum atomic E-state index is 10.8. The van der Waals surface area contributed by atoms with Crippen molar-refractivity contribution in [2.24, 2.45) is 0 Å². The summed E-state index contributed by atoms with van der Waals surface area (Å²) in [5, 5.41) is 21.2. The second-order valence-electron chi connectivity index (χ2n) is 6.63. The number of hydrogen-bond acceptors (Lipinski definition) is 6. The summed E-state index contributed by atoms with van der Waals surface area (Å²) in [5.74, 6) is 1.62. The summed E-state index contributed by atoms with van der Waals surface area (Å²) < 4.78 is 11.5. The molecule has 0 amide bonds. The predicted molar refractivity (Wildman–Crippen MR) is 104 cm³/mol. The van der Waals surface area contributed by atoms with Gasteiger partial charge in [-0.1, -0.05) is 30.3 Å². The first-order valence-corrected chi connectivity index (χ1v) is 9.13. The lowest BCUT2D eigenvalue weighted by Crippen LogP contribution is -2.85. The van der Waals surface area contributed by atoms with Crippen LogP contribution in [0.1, 0.15) is 36.2 Å². The number of nitro groups is 1. The van der Waals surface area contributed by atoms with Gasteiger partial charge in [0, 0.05) is 23.3 Å². The van der Waals surface area contributed by atoms with Crippen LogP contribution < -0.4 is 5.32 Å². The molecule has 0 unspecified atom stereocenters. The van der Waals surface area contributed by atoms with E-state index in [0.717, 1.165) is 11.3 Å². The largest absolute Gasteiger partial charge is 0.463 e. The van der Waals surface area contributed by atoms with Crippen LogP contribution in [-0.4, -0.2) is 15.1 Å². The molecule has 0 aliphatic rings. The average Bonchev–Trinajstić information content (AvgIpc) is 3.45. The fourth-order valence-electron chi connectivity index (χ4n) is 3.13. The van der Waals surface area contributed by atoms with E-state index in [-0.39, 0.29) is 17.8 Å². The van der Waals surface area contributed by atoms with E-state index in [1.54, 1.807) is 18.4 Å². The standard InChI is InChI=1S/C21H18N4O4/c1-14(22-19(18-8-5-13-28-18)15-6-3-2-4-7-15)20-23-24-21(29-20)16-9-11-17(12-10-16)25(26)27/h2-14,19,22H,1H3/p+1/t14-,19+/m1/s1. The van der Waals surface area contributed by atoms with Crippen LogP contribution in [0, 0.1) is 10.1 Å². The normalized spacial score (nSPS) is 13.1. The highest BCUT2D eigenvalue weighted by Gasteiger charge is 2.27. The lowest BCUT2D eigenvalue weighted by atomic mass is 10.0. The van der Waals surface area contributed by atoms with Crippen molar-refractivity contribution in [2.75, 3.05) is 0 Å². The molecule has 0 radical (unpaired) electrons. The van der Waals surface area contributed by atoms with E-state index in [1.807, 2.05) is 49.4 Å². The number of hydrogen-bond donors (Lipinski definition) is 1. The number of benzene rings is 2. The van der Waals surface area contributed by atoms with Crippen LogP contribution in [-0.2, 0) is 0 Å². The summed E-state index contributed by atoms with van der Waals surface area (Å²) in [7, 11) is 0. The summed E-state index contributed by atoms with van der Waals surface area (Å²) >= 11 is 0. The van der Waals surface area contributed by atoms with E-state index in [1.165, 1.54) is 12.1 Å². The van der Waals surface area contributed by atoms with E-state index >= 15 is 0 Å². The minimum absolute atomic E-state index is 0.0133. The van der Waals surface area contributed by atoms with Crippen molar-refractivity contribution in [3.8, 4) is 11.5 Å².